The minimum Gasteiger partial charge on any atom is -0.321 e. The molecule has 0 aliphatic carbocycles. The number of fused-ring (bicyclic) bond motifs is 1. The first-order valence-corrected chi connectivity index (χ1v) is 9.13. The minimum atomic E-state index is -0.313. The number of amides is 1. The van der Waals surface area contributed by atoms with Crippen LogP contribution in [0.15, 0.2) is 35.6 Å². The number of anilines is 1. The van der Waals surface area contributed by atoms with Crippen LogP contribution < -0.4 is 10.9 Å². The molecule has 1 amide bonds. The average Bonchev–Trinajstić information content (AvgIpc) is 2.94. The van der Waals surface area contributed by atoms with Gasteiger partial charge in [0.1, 0.15) is 4.83 Å². The Bertz CT molecular complexity index is 978. The number of pyridine rings is 1. The number of aryl methyl sites for hydroxylation is 2. The molecular formula is C18H21N5O2S. The fourth-order valence-electron chi connectivity index (χ4n) is 2.76. The summed E-state index contributed by atoms with van der Waals surface area (Å²) in [6.45, 7) is 3.28. The average molecular weight is 371 g/mol. The zero-order chi connectivity index (χ0) is 18.7. The van der Waals surface area contributed by atoms with Gasteiger partial charge in [0.25, 0.3) is 11.5 Å². The number of nitrogens with one attached hydrogen (secondary N) is 1. The van der Waals surface area contributed by atoms with Crippen molar-refractivity contribution in [3.63, 3.8) is 0 Å². The number of nitrogens with zero attached hydrogens (tertiary/aromatic N) is 4. The summed E-state index contributed by atoms with van der Waals surface area (Å²) < 4.78 is 1.58. The molecule has 0 radical (unpaired) electrons. The van der Waals surface area contributed by atoms with Crippen LogP contribution >= 0.6 is 11.3 Å². The van der Waals surface area contributed by atoms with Gasteiger partial charge in [-0.15, -0.1) is 11.3 Å². The standard InChI is InChI=1S/C18H21N5O2S/c1-12-14(16(24)21-13-6-4-7-19-10-13)15-17(26-12)20-11-23(18(15)25)9-5-8-22(2)3/h4,6-7,10-11H,5,8-9H2,1-3H3,(H,21,24). The Balaban J connectivity index is 1.95. The van der Waals surface area contributed by atoms with E-state index in [9.17, 15) is 9.59 Å². The molecule has 0 fully saturated rings. The molecule has 3 rings (SSSR count). The first-order valence-electron chi connectivity index (χ1n) is 8.32. The van der Waals surface area contributed by atoms with Gasteiger partial charge in [0, 0.05) is 17.6 Å². The Morgan fingerprint density at radius 1 is 1.38 bits per heavy atom. The lowest BCUT2D eigenvalue weighted by molar-refractivity contribution is 0.102. The number of rotatable bonds is 6. The summed E-state index contributed by atoms with van der Waals surface area (Å²) in [5.74, 6) is -0.313. The van der Waals surface area contributed by atoms with Crippen molar-refractivity contribution in [1.29, 1.82) is 0 Å². The van der Waals surface area contributed by atoms with Gasteiger partial charge in [-0.25, -0.2) is 4.98 Å². The van der Waals surface area contributed by atoms with Gasteiger partial charge in [0.15, 0.2) is 0 Å². The molecule has 3 aromatic heterocycles. The molecule has 1 N–H and O–H groups in total. The Hall–Kier alpha value is -2.58. The van der Waals surface area contributed by atoms with Crippen molar-refractivity contribution < 1.29 is 4.79 Å². The second-order valence-corrected chi connectivity index (χ2v) is 7.51. The van der Waals surface area contributed by atoms with E-state index in [2.05, 4.69) is 20.2 Å². The van der Waals surface area contributed by atoms with Gasteiger partial charge in [-0.2, -0.15) is 0 Å². The largest absolute Gasteiger partial charge is 0.321 e. The molecule has 0 spiro atoms. The molecule has 136 valence electrons. The number of thiophene rings is 1. The van der Waals surface area contributed by atoms with Crippen molar-refractivity contribution in [2.75, 3.05) is 26.0 Å². The summed E-state index contributed by atoms with van der Waals surface area (Å²) in [5, 5.41) is 3.19. The molecule has 0 aliphatic rings. The quantitative estimate of drug-likeness (QED) is 0.719. The van der Waals surface area contributed by atoms with E-state index in [0.29, 0.717) is 28.0 Å². The lowest BCUT2D eigenvalue weighted by Gasteiger charge is -2.10. The van der Waals surface area contributed by atoms with Crippen molar-refractivity contribution >= 4 is 33.1 Å². The van der Waals surface area contributed by atoms with Crippen LogP contribution in [-0.4, -0.2) is 46.0 Å². The topological polar surface area (TPSA) is 80.1 Å². The van der Waals surface area contributed by atoms with E-state index in [1.807, 2.05) is 21.0 Å². The van der Waals surface area contributed by atoms with Crippen LogP contribution in [0.3, 0.4) is 0 Å². The van der Waals surface area contributed by atoms with Gasteiger partial charge < -0.3 is 10.2 Å². The minimum absolute atomic E-state index is 0.172. The third kappa shape index (κ3) is 3.81. The molecule has 0 saturated heterocycles. The smallest absolute Gasteiger partial charge is 0.262 e. The maximum Gasteiger partial charge on any atom is 0.262 e. The fraction of sp³-hybridized carbons (Fsp3) is 0.333. The van der Waals surface area contributed by atoms with Crippen molar-refractivity contribution in [3.05, 3.63) is 51.6 Å². The van der Waals surface area contributed by atoms with Gasteiger partial charge >= 0.3 is 0 Å². The Kier molecular flexibility index (Phi) is 5.43. The highest BCUT2D eigenvalue weighted by molar-refractivity contribution is 7.19. The summed E-state index contributed by atoms with van der Waals surface area (Å²) >= 11 is 1.36. The van der Waals surface area contributed by atoms with Gasteiger partial charge in [0.05, 0.1) is 29.2 Å². The zero-order valence-corrected chi connectivity index (χ0v) is 15.8. The molecule has 0 atom stereocenters. The highest BCUT2D eigenvalue weighted by atomic mass is 32.1. The predicted molar refractivity (Wildman–Crippen MR) is 104 cm³/mol. The van der Waals surface area contributed by atoms with Crippen LogP contribution in [0.1, 0.15) is 21.7 Å². The normalized spacial score (nSPS) is 11.2. The van der Waals surface area contributed by atoms with E-state index in [-0.39, 0.29) is 11.5 Å². The Labute approximate surface area is 155 Å². The van der Waals surface area contributed by atoms with Crippen molar-refractivity contribution in [2.45, 2.75) is 19.9 Å². The van der Waals surface area contributed by atoms with Gasteiger partial charge in [0.2, 0.25) is 0 Å². The number of carbonyl (C=O) groups excluding carboxylic acids is 1. The lowest BCUT2D eigenvalue weighted by atomic mass is 10.1. The van der Waals surface area contributed by atoms with Crippen LogP contribution in [0, 0.1) is 6.92 Å². The number of aromatic nitrogens is 3. The Morgan fingerprint density at radius 2 is 2.19 bits per heavy atom. The van der Waals surface area contributed by atoms with Crippen LogP contribution in [0.4, 0.5) is 5.69 Å². The highest BCUT2D eigenvalue weighted by Gasteiger charge is 2.21. The summed E-state index contributed by atoms with van der Waals surface area (Å²) in [4.78, 5) is 37.5. The molecule has 0 aliphatic heterocycles. The highest BCUT2D eigenvalue weighted by Crippen LogP contribution is 2.27. The molecule has 3 aromatic rings. The maximum absolute atomic E-state index is 12.9. The molecular weight excluding hydrogens is 350 g/mol. The van der Waals surface area contributed by atoms with Crippen LogP contribution in [0.2, 0.25) is 0 Å². The van der Waals surface area contributed by atoms with Crippen molar-refractivity contribution in [1.82, 2.24) is 19.4 Å². The van der Waals surface area contributed by atoms with E-state index in [1.165, 1.54) is 11.3 Å². The molecule has 7 nitrogen and oxygen atoms in total. The molecule has 0 saturated carbocycles. The van der Waals surface area contributed by atoms with Crippen LogP contribution in [0.25, 0.3) is 10.2 Å². The SMILES string of the molecule is Cc1sc2ncn(CCCN(C)C)c(=O)c2c1C(=O)Nc1cccnc1. The van der Waals surface area contributed by atoms with E-state index in [0.717, 1.165) is 17.8 Å². The van der Waals surface area contributed by atoms with Crippen LogP contribution in [-0.2, 0) is 6.54 Å². The van der Waals surface area contributed by atoms with E-state index < -0.39 is 0 Å². The molecule has 0 unspecified atom stereocenters. The fourth-order valence-corrected chi connectivity index (χ4v) is 3.74. The monoisotopic (exact) mass is 371 g/mol. The third-order valence-electron chi connectivity index (χ3n) is 4.01. The summed E-state index contributed by atoms with van der Waals surface area (Å²) in [6, 6.07) is 3.50. The first-order chi connectivity index (χ1) is 12.5. The molecule has 26 heavy (non-hydrogen) atoms. The van der Waals surface area contributed by atoms with Crippen LogP contribution in [0.5, 0.6) is 0 Å². The predicted octanol–water partition coefficient (Wildman–Crippen LogP) is 2.37. The first kappa shape index (κ1) is 18.2. The number of hydrogen-bond acceptors (Lipinski definition) is 6. The number of carbonyl (C=O) groups is 1. The summed E-state index contributed by atoms with van der Waals surface area (Å²) in [7, 11) is 3.99. The lowest BCUT2D eigenvalue weighted by Crippen LogP contribution is -2.24. The van der Waals surface area contributed by atoms with E-state index in [1.54, 1.807) is 35.4 Å². The Morgan fingerprint density at radius 3 is 2.88 bits per heavy atom. The van der Waals surface area contributed by atoms with E-state index in [4.69, 9.17) is 0 Å². The zero-order valence-electron chi connectivity index (χ0n) is 15.0. The summed E-state index contributed by atoms with van der Waals surface area (Å²) in [5.41, 5.74) is 0.814. The molecule has 8 heteroatoms. The van der Waals surface area contributed by atoms with Gasteiger partial charge in [-0.05, 0) is 46.1 Å². The third-order valence-corrected chi connectivity index (χ3v) is 5.02. The van der Waals surface area contributed by atoms with E-state index >= 15 is 0 Å². The second-order valence-electron chi connectivity index (χ2n) is 6.31. The van der Waals surface area contributed by atoms with Crippen molar-refractivity contribution in [3.8, 4) is 0 Å². The molecule has 0 bridgehead atoms. The second kappa shape index (κ2) is 7.76. The van der Waals surface area contributed by atoms with Crippen molar-refractivity contribution in [2.24, 2.45) is 0 Å². The maximum atomic E-state index is 12.9. The summed E-state index contributed by atoms with van der Waals surface area (Å²) in [6.07, 6.45) is 5.61. The molecule has 0 aromatic carbocycles. The molecule has 3 heterocycles. The van der Waals surface area contributed by atoms with Gasteiger partial charge in [-0.3, -0.25) is 19.1 Å². The van der Waals surface area contributed by atoms with Gasteiger partial charge in [-0.1, -0.05) is 0 Å². The number of hydrogen-bond donors (Lipinski definition) is 1.